The van der Waals surface area contributed by atoms with Crippen molar-refractivity contribution in [2.45, 2.75) is 122 Å². The van der Waals surface area contributed by atoms with Gasteiger partial charge in [0.15, 0.2) is 0 Å². The maximum atomic E-state index is 12.8. The number of esters is 1. The molecule has 0 aromatic heterocycles. The van der Waals surface area contributed by atoms with E-state index in [1.165, 1.54) is 35.7 Å². The number of imide groups is 1. The zero-order valence-electron chi connectivity index (χ0n) is 30.3. The van der Waals surface area contributed by atoms with Crippen LogP contribution in [0.15, 0.2) is 34.9 Å². The first kappa shape index (κ1) is 42.2. The molecule has 3 N–H and O–H groups in total. The number of hydrogen-bond donors (Lipinski definition) is 3. The molecular weight excluding hydrogens is 665 g/mol. The van der Waals surface area contributed by atoms with Gasteiger partial charge in [-0.05, 0) is 79.1 Å². The molecule has 0 aromatic rings. The Bertz CT molecular complexity index is 1200. The summed E-state index contributed by atoms with van der Waals surface area (Å²) in [6.45, 7) is 10.5. The normalized spacial score (nSPS) is 19.5. The Hall–Kier alpha value is -2.93. The van der Waals surface area contributed by atoms with Gasteiger partial charge in [-0.15, -0.1) is 0 Å². The minimum absolute atomic E-state index is 0.127. The predicted octanol–water partition coefficient (Wildman–Crippen LogP) is 6.29. The third-order valence-corrected chi connectivity index (χ3v) is 10.9. The SMILES string of the molecule is COC(=O)CCCCC1SCC2C1NC(=O)N2C(=O)OCCCCNC(=O)[C@@H](CSC/C=C(\C)CC/C=C(\C)CCC=C(C)C)NC(C)=O. The van der Waals surface area contributed by atoms with E-state index in [1.807, 2.05) is 0 Å². The van der Waals surface area contributed by atoms with Crippen LogP contribution in [-0.4, -0.2) is 95.7 Å². The van der Waals surface area contributed by atoms with Crippen molar-refractivity contribution < 1.29 is 33.4 Å². The van der Waals surface area contributed by atoms with E-state index >= 15 is 0 Å². The van der Waals surface area contributed by atoms with Crippen LogP contribution in [-0.2, 0) is 23.9 Å². The van der Waals surface area contributed by atoms with Gasteiger partial charge in [-0.25, -0.2) is 14.5 Å². The Morgan fingerprint density at radius 2 is 1.69 bits per heavy atom. The first-order chi connectivity index (χ1) is 23.4. The summed E-state index contributed by atoms with van der Waals surface area (Å²) in [6.07, 6.45) is 14.2. The molecule has 13 heteroatoms. The highest BCUT2D eigenvalue weighted by molar-refractivity contribution is 8.00. The van der Waals surface area contributed by atoms with Crippen LogP contribution in [0.1, 0.15) is 98.8 Å². The number of amides is 5. The molecule has 0 spiro atoms. The van der Waals surface area contributed by atoms with Gasteiger partial charge in [-0.3, -0.25) is 14.4 Å². The number of fused-ring (bicyclic) bond motifs is 1. The van der Waals surface area contributed by atoms with Crippen LogP contribution in [0.2, 0.25) is 0 Å². The monoisotopic (exact) mass is 722 g/mol. The third-order valence-electron chi connectivity index (χ3n) is 8.43. The summed E-state index contributed by atoms with van der Waals surface area (Å²) in [7, 11) is 1.38. The molecule has 2 aliphatic heterocycles. The maximum absolute atomic E-state index is 12.8. The molecule has 2 fully saturated rings. The number of thioether (sulfide) groups is 2. The molecule has 2 heterocycles. The quantitative estimate of drug-likeness (QED) is 0.0509. The second kappa shape index (κ2) is 23.5. The molecule has 49 heavy (non-hydrogen) atoms. The van der Waals surface area contributed by atoms with Crippen molar-refractivity contribution in [3.63, 3.8) is 0 Å². The Kier molecular flexibility index (Phi) is 20.2. The standard InChI is InChI=1S/C36H58N4O7S2/c1-25(2)13-11-14-26(3)15-12-16-27(4)19-22-48-23-29(38-28(5)41)34(43)37-20-9-10-21-47-36(45)40-30-24-49-31(33(30)39-35(40)44)17-7-8-18-32(42)46-6/h13,15,19,29-31,33H,7-12,14,16-18,20-24H2,1-6H3,(H,37,43)(H,38,41)(H,39,44)/b26-15+,27-19+/t29-,30?,31?,33?/m1/s1. The first-order valence-electron chi connectivity index (χ1n) is 17.4. The van der Waals surface area contributed by atoms with Gasteiger partial charge in [0.05, 0.1) is 25.8 Å². The Morgan fingerprint density at radius 3 is 2.39 bits per heavy atom. The third kappa shape index (κ3) is 16.6. The van der Waals surface area contributed by atoms with Crippen LogP contribution in [0, 0.1) is 0 Å². The van der Waals surface area contributed by atoms with Crippen molar-refractivity contribution in [3.8, 4) is 0 Å². The Morgan fingerprint density at radius 1 is 0.980 bits per heavy atom. The zero-order valence-corrected chi connectivity index (χ0v) is 31.9. The van der Waals surface area contributed by atoms with Gasteiger partial charge < -0.3 is 25.4 Å². The summed E-state index contributed by atoms with van der Waals surface area (Å²) in [5, 5.41) is 8.74. The van der Waals surface area contributed by atoms with Crippen molar-refractivity contribution in [2.24, 2.45) is 0 Å². The fourth-order valence-corrected chi connectivity index (χ4v) is 8.21. The lowest BCUT2D eigenvalue weighted by Crippen LogP contribution is -2.47. The van der Waals surface area contributed by atoms with E-state index in [9.17, 15) is 24.0 Å². The molecule has 2 rings (SSSR count). The van der Waals surface area contributed by atoms with Gasteiger partial charge in [0.1, 0.15) is 6.04 Å². The molecule has 0 saturated carbocycles. The summed E-state index contributed by atoms with van der Waals surface area (Å²) < 4.78 is 10.1. The molecule has 2 aliphatic rings. The number of carbonyl (C=O) groups excluding carboxylic acids is 5. The second-order valence-electron chi connectivity index (χ2n) is 13.0. The number of urea groups is 1. The molecule has 5 amide bonds. The lowest BCUT2D eigenvalue weighted by Gasteiger charge is -2.20. The number of ether oxygens (including phenoxy) is 2. The predicted molar refractivity (Wildman–Crippen MR) is 199 cm³/mol. The number of nitrogens with one attached hydrogen (secondary N) is 3. The number of methoxy groups -OCH3 is 1. The summed E-state index contributed by atoms with van der Waals surface area (Å²) in [6, 6.07) is -1.46. The van der Waals surface area contributed by atoms with Crippen molar-refractivity contribution in [2.75, 3.05) is 37.5 Å². The highest BCUT2D eigenvalue weighted by atomic mass is 32.2. The zero-order chi connectivity index (χ0) is 36.2. The van der Waals surface area contributed by atoms with Crippen LogP contribution in [0.5, 0.6) is 0 Å². The molecule has 0 radical (unpaired) electrons. The second-order valence-corrected chi connectivity index (χ2v) is 15.3. The van der Waals surface area contributed by atoms with Crippen LogP contribution in [0.3, 0.4) is 0 Å². The van der Waals surface area contributed by atoms with Gasteiger partial charge in [0.2, 0.25) is 11.8 Å². The smallest absolute Gasteiger partial charge is 0.418 e. The van der Waals surface area contributed by atoms with Crippen molar-refractivity contribution in [1.82, 2.24) is 20.9 Å². The van der Waals surface area contributed by atoms with Gasteiger partial charge in [0, 0.05) is 42.4 Å². The Balaban J connectivity index is 1.64. The number of unbranched alkanes of at least 4 members (excludes halogenated alkanes) is 2. The molecular formula is C36H58N4O7S2. The minimum atomic E-state index is -0.658. The number of nitrogens with zero attached hydrogens (tertiary/aromatic N) is 1. The molecule has 0 bridgehead atoms. The van der Waals surface area contributed by atoms with Gasteiger partial charge in [-0.1, -0.05) is 41.4 Å². The molecule has 3 unspecified atom stereocenters. The van der Waals surface area contributed by atoms with Crippen LogP contribution < -0.4 is 16.0 Å². The number of carbonyl (C=O) groups is 5. The van der Waals surface area contributed by atoms with E-state index in [1.54, 1.807) is 23.5 Å². The van der Waals surface area contributed by atoms with E-state index in [2.05, 4.69) is 66.6 Å². The minimum Gasteiger partial charge on any atom is -0.469 e. The molecule has 276 valence electrons. The van der Waals surface area contributed by atoms with Gasteiger partial charge >= 0.3 is 18.1 Å². The summed E-state index contributed by atoms with van der Waals surface area (Å²) in [5.74, 6) is 1.14. The van der Waals surface area contributed by atoms with E-state index in [0.29, 0.717) is 37.3 Å². The lowest BCUT2D eigenvalue weighted by atomic mass is 10.0. The first-order valence-corrected chi connectivity index (χ1v) is 19.6. The molecule has 2 saturated heterocycles. The fraction of sp³-hybridized carbons (Fsp3) is 0.694. The summed E-state index contributed by atoms with van der Waals surface area (Å²) in [5.41, 5.74) is 4.08. The number of allylic oxidation sites excluding steroid dienone is 5. The lowest BCUT2D eigenvalue weighted by molar-refractivity contribution is -0.140. The van der Waals surface area contributed by atoms with E-state index in [4.69, 9.17) is 4.74 Å². The fourth-order valence-electron chi connectivity index (χ4n) is 5.61. The summed E-state index contributed by atoms with van der Waals surface area (Å²) in [4.78, 5) is 62.4. The van der Waals surface area contributed by atoms with Crippen LogP contribution in [0.25, 0.3) is 0 Å². The average Bonchev–Trinajstić information content (AvgIpc) is 3.58. The number of rotatable bonds is 22. The highest BCUT2D eigenvalue weighted by Gasteiger charge is 2.50. The van der Waals surface area contributed by atoms with Gasteiger partial charge in [0.25, 0.3) is 0 Å². The summed E-state index contributed by atoms with van der Waals surface area (Å²) >= 11 is 3.33. The van der Waals surface area contributed by atoms with Crippen molar-refractivity contribution in [3.05, 3.63) is 34.9 Å². The molecule has 0 aromatic carbocycles. The maximum Gasteiger partial charge on any atom is 0.418 e. The van der Waals surface area contributed by atoms with E-state index in [-0.39, 0.29) is 41.7 Å². The topological polar surface area (TPSA) is 143 Å². The van der Waals surface area contributed by atoms with E-state index in [0.717, 1.165) is 50.7 Å². The molecule has 0 aliphatic carbocycles. The Labute approximate surface area is 301 Å². The van der Waals surface area contributed by atoms with Crippen molar-refractivity contribution >= 4 is 53.4 Å². The highest BCUT2D eigenvalue weighted by Crippen LogP contribution is 2.37. The van der Waals surface area contributed by atoms with Crippen LogP contribution in [0.4, 0.5) is 9.59 Å². The average molecular weight is 723 g/mol. The van der Waals surface area contributed by atoms with E-state index < -0.39 is 18.2 Å². The van der Waals surface area contributed by atoms with Crippen molar-refractivity contribution in [1.29, 1.82) is 0 Å². The largest absolute Gasteiger partial charge is 0.469 e. The van der Waals surface area contributed by atoms with Gasteiger partial charge in [-0.2, -0.15) is 23.5 Å². The van der Waals surface area contributed by atoms with Crippen LogP contribution >= 0.6 is 23.5 Å². The molecule has 11 nitrogen and oxygen atoms in total. The number of hydrogen-bond acceptors (Lipinski definition) is 9. The molecule has 4 atom stereocenters.